The van der Waals surface area contributed by atoms with E-state index in [0.717, 1.165) is 16.7 Å². The number of hydrogen-bond acceptors (Lipinski definition) is 3. The van der Waals surface area contributed by atoms with E-state index in [9.17, 15) is 9.59 Å². The number of nitrogens with zero attached hydrogens (tertiary/aromatic N) is 1. The number of ether oxygens (including phenoxy) is 1. The minimum atomic E-state index is -0.711. The van der Waals surface area contributed by atoms with E-state index in [4.69, 9.17) is 16.3 Å². The summed E-state index contributed by atoms with van der Waals surface area (Å²) in [5.74, 6) is 0.0697. The van der Waals surface area contributed by atoms with Crippen LogP contribution in [0.1, 0.15) is 37.5 Å². The van der Waals surface area contributed by atoms with Crippen LogP contribution in [0.5, 0.6) is 5.75 Å². The molecule has 35 heavy (non-hydrogen) atoms. The Labute approximate surface area is 213 Å². The number of carbonyl (C=O) groups is 2. The number of carbonyl (C=O) groups excluding carboxylic acids is 2. The lowest BCUT2D eigenvalue weighted by Crippen LogP contribution is -2.55. The van der Waals surface area contributed by atoms with Crippen molar-refractivity contribution >= 4 is 23.4 Å². The molecular formula is C29H33ClN2O3. The van der Waals surface area contributed by atoms with Crippen molar-refractivity contribution in [3.05, 3.63) is 101 Å². The lowest BCUT2D eigenvalue weighted by atomic mass is 10.00. The molecule has 3 aromatic carbocycles. The fraction of sp³-hybridized carbons (Fsp3) is 0.310. The molecule has 1 atom stereocenters. The van der Waals surface area contributed by atoms with E-state index in [-0.39, 0.29) is 18.4 Å². The number of nitrogens with one attached hydrogen (secondary N) is 1. The molecule has 0 radical (unpaired) electrons. The molecule has 1 N–H and O–H groups in total. The van der Waals surface area contributed by atoms with Gasteiger partial charge in [0, 0.05) is 23.5 Å². The normalized spacial score (nSPS) is 12.0. The summed E-state index contributed by atoms with van der Waals surface area (Å²) >= 11 is 5.96. The first-order chi connectivity index (χ1) is 16.6. The lowest BCUT2D eigenvalue weighted by molar-refractivity contribution is -0.143. The molecule has 3 aromatic rings. The third-order valence-electron chi connectivity index (χ3n) is 5.55. The lowest BCUT2D eigenvalue weighted by Gasteiger charge is -2.34. The van der Waals surface area contributed by atoms with Crippen LogP contribution < -0.4 is 10.1 Å². The predicted octanol–water partition coefficient (Wildman–Crippen LogP) is 5.58. The average molecular weight is 493 g/mol. The maximum atomic E-state index is 13.6. The van der Waals surface area contributed by atoms with Crippen LogP contribution in [0, 0.1) is 6.92 Å². The van der Waals surface area contributed by atoms with Crippen molar-refractivity contribution in [2.45, 2.75) is 52.2 Å². The Morgan fingerprint density at radius 3 is 2.20 bits per heavy atom. The van der Waals surface area contributed by atoms with Crippen molar-refractivity contribution < 1.29 is 14.3 Å². The second kappa shape index (κ2) is 11.9. The Morgan fingerprint density at radius 1 is 0.943 bits per heavy atom. The summed E-state index contributed by atoms with van der Waals surface area (Å²) in [6, 6.07) is 23.8. The standard InChI is InChI=1S/C29H33ClN2O3/c1-21-10-8-9-13-23(21)19-32(27(33)20-35-25-16-14-24(30)15-17-25)26(28(34)31-29(2,3)4)18-22-11-6-5-7-12-22/h5-17,26H,18-20H2,1-4H3,(H,31,34)/t26-/m0/s1. The Morgan fingerprint density at radius 2 is 1.57 bits per heavy atom. The molecule has 3 rings (SSSR count). The first-order valence-electron chi connectivity index (χ1n) is 11.7. The molecule has 0 aliphatic heterocycles. The van der Waals surface area contributed by atoms with Gasteiger partial charge in [0.15, 0.2) is 6.61 Å². The van der Waals surface area contributed by atoms with Crippen LogP contribution in [0.4, 0.5) is 0 Å². The van der Waals surface area contributed by atoms with Crippen molar-refractivity contribution in [3.8, 4) is 5.75 Å². The van der Waals surface area contributed by atoms with Gasteiger partial charge in [-0.15, -0.1) is 0 Å². The maximum Gasteiger partial charge on any atom is 0.261 e. The van der Waals surface area contributed by atoms with E-state index in [1.165, 1.54) is 0 Å². The van der Waals surface area contributed by atoms with E-state index >= 15 is 0 Å². The number of aryl methyl sites for hydroxylation is 1. The quantitative estimate of drug-likeness (QED) is 0.424. The largest absolute Gasteiger partial charge is 0.484 e. The number of halogens is 1. The van der Waals surface area contributed by atoms with E-state index in [0.29, 0.717) is 23.7 Å². The predicted molar refractivity (Wildman–Crippen MR) is 141 cm³/mol. The molecule has 0 saturated heterocycles. The van der Waals surface area contributed by atoms with Gasteiger partial charge in [-0.05, 0) is 68.7 Å². The second-order valence-corrected chi connectivity index (χ2v) is 10.1. The highest BCUT2D eigenvalue weighted by atomic mass is 35.5. The first kappa shape index (κ1) is 26.3. The zero-order valence-corrected chi connectivity index (χ0v) is 21.5. The molecule has 6 heteroatoms. The van der Waals surface area contributed by atoms with Crippen LogP contribution in [-0.2, 0) is 22.6 Å². The Balaban J connectivity index is 1.93. The van der Waals surface area contributed by atoms with Gasteiger partial charge in [0.25, 0.3) is 5.91 Å². The highest BCUT2D eigenvalue weighted by molar-refractivity contribution is 6.30. The summed E-state index contributed by atoms with van der Waals surface area (Å²) in [4.78, 5) is 28.8. The van der Waals surface area contributed by atoms with Crippen LogP contribution in [0.2, 0.25) is 5.02 Å². The summed E-state index contributed by atoms with van der Waals surface area (Å²) in [7, 11) is 0. The topological polar surface area (TPSA) is 58.6 Å². The van der Waals surface area contributed by atoms with Crippen molar-refractivity contribution in [2.24, 2.45) is 0 Å². The minimum absolute atomic E-state index is 0.193. The van der Waals surface area contributed by atoms with E-state index in [1.54, 1.807) is 29.2 Å². The molecule has 0 aliphatic rings. The molecule has 0 saturated carbocycles. The molecule has 0 bridgehead atoms. The fourth-order valence-electron chi connectivity index (χ4n) is 3.74. The third-order valence-corrected chi connectivity index (χ3v) is 5.80. The maximum absolute atomic E-state index is 13.6. The molecule has 0 unspecified atom stereocenters. The molecular weight excluding hydrogens is 460 g/mol. The van der Waals surface area contributed by atoms with Gasteiger partial charge >= 0.3 is 0 Å². The van der Waals surface area contributed by atoms with Crippen LogP contribution in [0.3, 0.4) is 0 Å². The molecule has 184 valence electrons. The highest BCUT2D eigenvalue weighted by Gasteiger charge is 2.32. The van der Waals surface area contributed by atoms with Gasteiger partial charge in [-0.2, -0.15) is 0 Å². The second-order valence-electron chi connectivity index (χ2n) is 9.64. The fourth-order valence-corrected chi connectivity index (χ4v) is 3.86. The number of amides is 2. The molecule has 2 amide bonds. The Kier molecular flexibility index (Phi) is 8.94. The van der Waals surface area contributed by atoms with Crippen molar-refractivity contribution in [1.82, 2.24) is 10.2 Å². The molecule has 5 nitrogen and oxygen atoms in total. The van der Waals surface area contributed by atoms with Crippen molar-refractivity contribution in [3.63, 3.8) is 0 Å². The van der Waals surface area contributed by atoms with Gasteiger partial charge in [-0.3, -0.25) is 9.59 Å². The van der Waals surface area contributed by atoms with Crippen LogP contribution >= 0.6 is 11.6 Å². The van der Waals surface area contributed by atoms with Crippen LogP contribution in [-0.4, -0.2) is 34.9 Å². The summed E-state index contributed by atoms with van der Waals surface area (Å²) in [5, 5.41) is 3.66. The van der Waals surface area contributed by atoms with Crippen molar-refractivity contribution in [2.75, 3.05) is 6.61 Å². The molecule has 0 aliphatic carbocycles. The summed E-state index contributed by atoms with van der Waals surface area (Å²) < 4.78 is 5.77. The molecule has 0 fully saturated rings. The zero-order valence-electron chi connectivity index (χ0n) is 20.8. The van der Waals surface area contributed by atoms with Crippen molar-refractivity contribution in [1.29, 1.82) is 0 Å². The Bertz CT molecular complexity index is 1120. The Hall–Kier alpha value is -3.31. The van der Waals surface area contributed by atoms with Gasteiger partial charge in [-0.25, -0.2) is 0 Å². The SMILES string of the molecule is Cc1ccccc1CN(C(=O)COc1ccc(Cl)cc1)[C@@H](Cc1ccccc1)C(=O)NC(C)(C)C. The monoisotopic (exact) mass is 492 g/mol. The third kappa shape index (κ3) is 8.15. The number of hydrogen-bond donors (Lipinski definition) is 1. The molecule has 0 spiro atoms. The summed E-state index contributed by atoms with van der Waals surface area (Å²) in [5.41, 5.74) is 2.57. The van der Waals surface area contributed by atoms with E-state index < -0.39 is 11.6 Å². The van der Waals surface area contributed by atoms with Gasteiger partial charge < -0.3 is 15.0 Å². The average Bonchev–Trinajstić information content (AvgIpc) is 2.81. The van der Waals surface area contributed by atoms with Gasteiger partial charge in [0.05, 0.1) is 0 Å². The zero-order chi connectivity index (χ0) is 25.4. The first-order valence-corrected chi connectivity index (χ1v) is 12.1. The number of benzene rings is 3. The van der Waals surface area contributed by atoms with Gasteiger partial charge in [0.1, 0.15) is 11.8 Å². The van der Waals surface area contributed by atoms with Gasteiger partial charge in [-0.1, -0.05) is 66.2 Å². The smallest absolute Gasteiger partial charge is 0.261 e. The highest BCUT2D eigenvalue weighted by Crippen LogP contribution is 2.19. The summed E-state index contributed by atoms with van der Waals surface area (Å²) in [6.45, 7) is 7.90. The molecule has 0 aromatic heterocycles. The minimum Gasteiger partial charge on any atom is -0.484 e. The molecule has 0 heterocycles. The van der Waals surface area contributed by atoms with E-state index in [1.807, 2.05) is 82.3 Å². The van der Waals surface area contributed by atoms with Crippen LogP contribution in [0.15, 0.2) is 78.9 Å². The van der Waals surface area contributed by atoms with Gasteiger partial charge in [0.2, 0.25) is 5.91 Å². The van der Waals surface area contributed by atoms with Crippen LogP contribution in [0.25, 0.3) is 0 Å². The number of rotatable bonds is 9. The summed E-state index contributed by atoms with van der Waals surface area (Å²) in [6.07, 6.45) is 0.390. The van der Waals surface area contributed by atoms with E-state index in [2.05, 4.69) is 5.32 Å².